The molecule has 7 heteroatoms. The minimum Gasteiger partial charge on any atom is -0.455 e. The molecular formula is C27H28ClN3O2S. The zero-order valence-electron chi connectivity index (χ0n) is 19.5. The van der Waals surface area contributed by atoms with E-state index in [1.165, 1.54) is 4.90 Å². The summed E-state index contributed by atoms with van der Waals surface area (Å²) < 4.78 is 6.07. The third kappa shape index (κ3) is 8.04. The normalized spacial score (nSPS) is 11.2. The fourth-order valence-corrected chi connectivity index (χ4v) is 4.16. The van der Waals surface area contributed by atoms with Crippen LogP contribution in [0.25, 0.3) is 0 Å². The minimum atomic E-state index is -0.114. The van der Waals surface area contributed by atoms with E-state index in [-0.39, 0.29) is 12.3 Å². The van der Waals surface area contributed by atoms with Gasteiger partial charge in [0.25, 0.3) is 0 Å². The predicted octanol–water partition coefficient (Wildman–Crippen LogP) is 7.95. The largest absolute Gasteiger partial charge is 0.455 e. The molecule has 5 nitrogen and oxygen atoms in total. The van der Waals surface area contributed by atoms with Crippen molar-refractivity contribution < 1.29 is 9.53 Å². The fraction of sp³-hybridized carbons (Fsp3) is 0.222. The van der Waals surface area contributed by atoms with Crippen molar-refractivity contribution in [2.24, 2.45) is 4.99 Å². The van der Waals surface area contributed by atoms with Gasteiger partial charge >= 0.3 is 0 Å². The molecule has 0 spiro atoms. The number of carbonyl (C=O) groups is 1. The molecule has 0 unspecified atom stereocenters. The number of aliphatic imine (C=N–C) groups is 1. The molecule has 0 saturated heterocycles. The van der Waals surface area contributed by atoms with Crippen LogP contribution in [0.15, 0.2) is 76.6 Å². The van der Waals surface area contributed by atoms with Crippen molar-refractivity contribution in [3.8, 4) is 11.5 Å². The van der Waals surface area contributed by atoms with Gasteiger partial charge in [0.2, 0.25) is 5.91 Å². The molecule has 0 aliphatic rings. The fourth-order valence-electron chi connectivity index (χ4n) is 3.31. The first kappa shape index (κ1) is 25.5. The maximum atomic E-state index is 12.7. The van der Waals surface area contributed by atoms with Crippen LogP contribution in [0.1, 0.15) is 32.8 Å². The van der Waals surface area contributed by atoms with Crippen molar-refractivity contribution >= 4 is 52.1 Å². The van der Waals surface area contributed by atoms with Gasteiger partial charge in [0.15, 0.2) is 5.75 Å². The van der Waals surface area contributed by atoms with Crippen LogP contribution in [0.5, 0.6) is 11.5 Å². The standard InChI is InChI=1S/C27H28ClN3O2S/c1-4-34-24-11-8-20(9-12-24)15-27(32)31-22-10-13-25(30-19(3)14-18(2)29)26(17-22)33-23-7-5-6-21(28)16-23/h5-13,16-17,29H,4,14-15H2,1-3H3,(H,31,32). The van der Waals surface area contributed by atoms with E-state index in [9.17, 15) is 4.79 Å². The average molecular weight is 494 g/mol. The third-order valence-corrected chi connectivity index (χ3v) is 5.83. The topological polar surface area (TPSA) is 74.5 Å². The summed E-state index contributed by atoms with van der Waals surface area (Å²) >= 11 is 7.88. The van der Waals surface area contributed by atoms with Crippen molar-refractivity contribution in [2.75, 3.05) is 11.1 Å². The van der Waals surface area contributed by atoms with Crippen molar-refractivity contribution in [2.45, 2.75) is 38.5 Å². The number of benzene rings is 3. The Kier molecular flexibility index (Phi) is 9.31. The smallest absolute Gasteiger partial charge is 0.228 e. The van der Waals surface area contributed by atoms with Gasteiger partial charge in [0.1, 0.15) is 11.4 Å². The molecule has 0 heterocycles. The lowest BCUT2D eigenvalue weighted by Crippen LogP contribution is -2.14. The van der Waals surface area contributed by atoms with E-state index < -0.39 is 0 Å². The molecular weight excluding hydrogens is 466 g/mol. The summed E-state index contributed by atoms with van der Waals surface area (Å²) in [5.41, 5.74) is 3.50. The molecule has 3 aromatic carbocycles. The average Bonchev–Trinajstić information content (AvgIpc) is 2.76. The first-order chi connectivity index (χ1) is 16.3. The van der Waals surface area contributed by atoms with E-state index in [1.807, 2.05) is 31.2 Å². The summed E-state index contributed by atoms with van der Waals surface area (Å²) in [6, 6.07) is 20.5. The van der Waals surface area contributed by atoms with Crippen molar-refractivity contribution in [1.82, 2.24) is 0 Å². The summed E-state index contributed by atoms with van der Waals surface area (Å²) in [6.07, 6.45) is 0.754. The van der Waals surface area contributed by atoms with Gasteiger partial charge in [-0.3, -0.25) is 9.79 Å². The number of amides is 1. The van der Waals surface area contributed by atoms with Crippen LogP contribution in [0, 0.1) is 5.41 Å². The number of nitrogens with one attached hydrogen (secondary N) is 2. The van der Waals surface area contributed by atoms with E-state index in [2.05, 4.69) is 17.2 Å². The van der Waals surface area contributed by atoms with Crippen LogP contribution < -0.4 is 10.1 Å². The van der Waals surface area contributed by atoms with Crippen LogP contribution >= 0.6 is 23.4 Å². The summed E-state index contributed by atoms with van der Waals surface area (Å²) in [4.78, 5) is 18.5. The number of halogens is 1. The van der Waals surface area contributed by atoms with Gasteiger partial charge in [-0.1, -0.05) is 36.7 Å². The van der Waals surface area contributed by atoms with Gasteiger partial charge in [-0.2, -0.15) is 0 Å². The summed E-state index contributed by atoms with van der Waals surface area (Å²) in [5, 5.41) is 11.2. The maximum Gasteiger partial charge on any atom is 0.228 e. The molecule has 0 radical (unpaired) electrons. The quantitative estimate of drug-likeness (QED) is 0.222. The van der Waals surface area contributed by atoms with Crippen LogP contribution in [0.4, 0.5) is 11.4 Å². The second-order valence-electron chi connectivity index (χ2n) is 7.85. The molecule has 0 atom stereocenters. The first-order valence-electron chi connectivity index (χ1n) is 11.0. The molecule has 2 N–H and O–H groups in total. The number of ether oxygens (including phenoxy) is 1. The van der Waals surface area contributed by atoms with Crippen molar-refractivity contribution in [3.63, 3.8) is 0 Å². The predicted molar refractivity (Wildman–Crippen MR) is 144 cm³/mol. The Labute approximate surface area is 210 Å². The van der Waals surface area contributed by atoms with Gasteiger partial charge < -0.3 is 15.5 Å². The second-order valence-corrected chi connectivity index (χ2v) is 9.62. The Morgan fingerprint density at radius 2 is 1.85 bits per heavy atom. The minimum absolute atomic E-state index is 0.114. The highest BCUT2D eigenvalue weighted by Gasteiger charge is 2.11. The lowest BCUT2D eigenvalue weighted by Gasteiger charge is -2.13. The van der Waals surface area contributed by atoms with E-state index >= 15 is 0 Å². The van der Waals surface area contributed by atoms with Crippen LogP contribution in [0.3, 0.4) is 0 Å². The maximum absolute atomic E-state index is 12.7. The summed E-state index contributed by atoms with van der Waals surface area (Å²) in [6.45, 7) is 5.74. The highest BCUT2D eigenvalue weighted by molar-refractivity contribution is 7.99. The number of hydrogen-bond acceptors (Lipinski definition) is 5. The molecule has 34 heavy (non-hydrogen) atoms. The first-order valence-corrected chi connectivity index (χ1v) is 12.4. The Morgan fingerprint density at radius 1 is 1.09 bits per heavy atom. The molecule has 0 aliphatic heterocycles. The Balaban J connectivity index is 1.80. The third-order valence-electron chi connectivity index (χ3n) is 4.70. The molecule has 1 amide bonds. The molecule has 3 aromatic rings. The highest BCUT2D eigenvalue weighted by Crippen LogP contribution is 2.35. The number of nitrogens with zero attached hydrogens (tertiary/aromatic N) is 1. The molecule has 176 valence electrons. The van der Waals surface area contributed by atoms with Gasteiger partial charge in [0.05, 0.1) is 6.42 Å². The summed E-state index contributed by atoms with van der Waals surface area (Å²) in [7, 11) is 0. The van der Waals surface area contributed by atoms with Crippen molar-refractivity contribution in [3.05, 3.63) is 77.3 Å². The van der Waals surface area contributed by atoms with Gasteiger partial charge in [-0.05, 0) is 67.6 Å². The van der Waals surface area contributed by atoms with Gasteiger partial charge in [-0.15, -0.1) is 11.8 Å². The van der Waals surface area contributed by atoms with E-state index in [0.717, 1.165) is 17.0 Å². The molecule has 3 rings (SSSR count). The zero-order valence-corrected chi connectivity index (χ0v) is 21.1. The number of anilines is 1. The highest BCUT2D eigenvalue weighted by atomic mass is 35.5. The Morgan fingerprint density at radius 3 is 2.53 bits per heavy atom. The number of rotatable bonds is 10. The number of thioether (sulfide) groups is 1. The molecule has 0 aliphatic carbocycles. The zero-order chi connectivity index (χ0) is 24.5. The monoisotopic (exact) mass is 493 g/mol. The molecule has 0 saturated carbocycles. The Hall–Kier alpha value is -3.09. The van der Waals surface area contributed by atoms with E-state index in [4.69, 9.17) is 21.7 Å². The molecule has 0 fully saturated rings. The lowest BCUT2D eigenvalue weighted by molar-refractivity contribution is -0.115. The van der Waals surface area contributed by atoms with Crippen LogP contribution in [-0.2, 0) is 11.2 Å². The SMILES string of the molecule is CCSc1ccc(CC(=O)Nc2ccc(N=C(C)CC(C)=N)c(Oc3cccc(Cl)c3)c2)cc1. The van der Waals surface area contributed by atoms with Crippen LogP contribution in [-0.4, -0.2) is 23.1 Å². The van der Waals surface area contributed by atoms with E-state index in [0.29, 0.717) is 40.0 Å². The molecule has 0 aromatic heterocycles. The van der Waals surface area contributed by atoms with Crippen molar-refractivity contribution in [1.29, 1.82) is 5.41 Å². The number of carbonyl (C=O) groups excluding carboxylic acids is 1. The number of hydrogen-bond donors (Lipinski definition) is 2. The van der Waals surface area contributed by atoms with E-state index in [1.54, 1.807) is 61.2 Å². The molecule has 0 bridgehead atoms. The van der Waals surface area contributed by atoms with Gasteiger partial charge in [-0.25, -0.2) is 0 Å². The van der Waals surface area contributed by atoms with Crippen LogP contribution in [0.2, 0.25) is 5.02 Å². The summed E-state index contributed by atoms with van der Waals surface area (Å²) in [5.74, 6) is 1.96. The second kappa shape index (κ2) is 12.4. The Bertz CT molecular complexity index is 1190. The lowest BCUT2D eigenvalue weighted by atomic mass is 10.1. The van der Waals surface area contributed by atoms with Gasteiger partial charge in [0, 0.05) is 39.5 Å².